The molecule has 1 aromatic carbocycles. The van der Waals surface area contributed by atoms with Crippen LogP contribution >= 0.6 is 15.9 Å². The molecule has 0 spiro atoms. The molecule has 0 bridgehead atoms. The molecule has 88 valence electrons. The van der Waals surface area contributed by atoms with Gasteiger partial charge in [-0.1, -0.05) is 28.1 Å². The summed E-state index contributed by atoms with van der Waals surface area (Å²) in [6.45, 7) is 1.78. The van der Waals surface area contributed by atoms with E-state index in [0.717, 1.165) is 10.9 Å². The van der Waals surface area contributed by atoms with E-state index in [-0.39, 0.29) is 18.6 Å². The lowest BCUT2D eigenvalue weighted by atomic mass is 10.1. The Kier molecular flexibility index (Phi) is 4.96. The summed E-state index contributed by atoms with van der Waals surface area (Å²) < 4.78 is 0. The van der Waals surface area contributed by atoms with Gasteiger partial charge in [0.1, 0.15) is 0 Å². The average Bonchev–Trinajstić information content (AvgIpc) is 2.36. The molecular formula is C12H16BrNO2. The van der Waals surface area contributed by atoms with Crippen LogP contribution in [0.25, 0.3) is 0 Å². The first-order valence-corrected chi connectivity index (χ1v) is 6.25. The van der Waals surface area contributed by atoms with Gasteiger partial charge in [0, 0.05) is 17.9 Å². The van der Waals surface area contributed by atoms with Crippen molar-refractivity contribution in [2.75, 3.05) is 13.7 Å². The lowest BCUT2D eigenvalue weighted by Gasteiger charge is -2.23. The van der Waals surface area contributed by atoms with Crippen molar-refractivity contribution in [1.29, 1.82) is 0 Å². The second-order valence-electron chi connectivity index (χ2n) is 3.78. The van der Waals surface area contributed by atoms with Crippen LogP contribution in [-0.2, 0) is 5.33 Å². The van der Waals surface area contributed by atoms with Gasteiger partial charge in [0.05, 0.1) is 12.6 Å². The Balaban J connectivity index is 2.80. The highest BCUT2D eigenvalue weighted by atomic mass is 79.9. The monoisotopic (exact) mass is 285 g/mol. The van der Waals surface area contributed by atoms with Gasteiger partial charge in [0.15, 0.2) is 0 Å². The third-order valence-electron chi connectivity index (χ3n) is 2.60. The maximum Gasteiger partial charge on any atom is 0.253 e. The maximum atomic E-state index is 11.9. The van der Waals surface area contributed by atoms with Crippen molar-refractivity contribution in [3.63, 3.8) is 0 Å². The lowest BCUT2D eigenvalue weighted by molar-refractivity contribution is 0.0682. The van der Waals surface area contributed by atoms with Crippen molar-refractivity contribution in [1.82, 2.24) is 4.90 Å². The van der Waals surface area contributed by atoms with Gasteiger partial charge in [0.25, 0.3) is 5.91 Å². The molecule has 1 atom stereocenters. The highest BCUT2D eigenvalue weighted by Crippen LogP contribution is 2.10. The first-order valence-electron chi connectivity index (χ1n) is 5.13. The quantitative estimate of drug-likeness (QED) is 0.860. The molecule has 0 heterocycles. The number of alkyl halides is 1. The zero-order valence-corrected chi connectivity index (χ0v) is 11.1. The molecule has 1 amide bonds. The van der Waals surface area contributed by atoms with Crippen molar-refractivity contribution >= 4 is 21.8 Å². The number of benzene rings is 1. The molecule has 0 aromatic heterocycles. The molecule has 0 saturated heterocycles. The van der Waals surface area contributed by atoms with Gasteiger partial charge in [-0.25, -0.2) is 0 Å². The first-order chi connectivity index (χ1) is 7.60. The van der Waals surface area contributed by atoms with Gasteiger partial charge in [-0.3, -0.25) is 4.79 Å². The molecule has 1 rings (SSSR count). The molecule has 1 N–H and O–H groups in total. The molecule has 1 unspecified atom stereocenters. The molecule has 0 fully saturated rings. The summed E-state index contributed by atoms with van der Waals surface area (Å²) in [5.41, 5.74) is 1.78. The molecule has 0 aliphatic heterocycles. The number of nitrogens with zero attached hydrogens (tertiary/aromatic N) is 1. The summed E-state index contributed by atoms with van der Waals surface area (Å²) in [5.74, 6) is -0.0670. The van der Waals surface area contributed by atoms with Crippen LogP contribution in [0.1, 0.15) is 22.8 Å². The van der Waals surface area contributed by atoms with E-state index in [0.29, 0.717) is 5.56 Å². The summed E-state index contributed by atoms with van der Waals surface area (Å²) >= 11 is 3.35. The molecule has 4 heteroatoms. The van der Waals surface area contributed by atoms with Crippen molar-refractivity contribution < 1.29 is 9.90 Å². The minimum atomic E-state index is -0.164. The highest BCUT2D eigenvalue weighted by Gasteiger charge is 2.16. The minimum Gasteiger partial charge on any atom is -0.394 e. The predicted molar refractivity (Wildman–Crippen MR) is 67.7 cm³/mol. The Morgan fingerprint density at radius 2 is 2.00 bits per heavy atom. The van der Waals surface area contributed by atoms with Crippen LogP contribution in [0.4, 0.5) is 0 Å². The van der Waals surface area contributed by atoms with E-state index in [1.54, 1.807) is 24.1 Å². The third kappa shape index (κ3) is 3.06. The standard InChI is InChI=1S/C12H16BrNO2/c1-9(8-15)14(2)12(16)11-5-3-10(7-13)4-6-11/h3-6,9,15H,7-8H2,1-2H3. The number of hydrogen-bond acceptors (Lipinski definition) is 2. The van der Waals surface area contributed by atoms with E-state index in [9.17, 15) is 4.79 Å². The van der Waals surface area contributed by atoms with Crippen LogP contribution < -0.4 is 0 Å². The number of carbonyl (C=O) groups excluding carboxylic acids is 1. The summed E-state index contributed by atoms with van der Waals surface area (Å²) in [6.07, 6.45) is 0. The fourth-order valence-electron chi connectivity index (χ4n) is 1.26. The second-order valence-corrected chi connectivity index (χ2v) is 4.34. The molecule has 1 aromatic rings. The number of likely N-dealkylation sites (N-methyl/N-ethyl adjacent to an activating group) is 1. The zero-order valence-electron chi connectivity index (χ0n) is 9.48. The van der Waals surface area contributed by atoms with Crippen LogP contribution in [0.2, 0.25) is 0 Å². The topological polar surface area (TPSA) is 40.5 Å². The van der Waals surface area contributed by atoms with Crippen molar-refractivity contribution in [2.45, 2.75) is 18.3 Å². The Hall–Kier alpha value is -0.870. The van der Waals surface area contributed by atoms with E-state index < -0.39 is 0 Å². The van der Waals surface area contributed by atoms with Gasteiger partial charge in [-0.05, 0) is 24.6 Å². The highest BCUT2D eigenvalue weighted by molar-refractivity contribution is 9.08. The van der Waals surface area contributed by atoms with E-state index >= 15 is 0 Å². The number of halogens is 1. The fourth-order valence-corrected chi connectivity index (χ4v) is 1.64. The Morgan fingerprint density at radius 1 is 1.44 bits per heavy atom. The number of rotatable bonds is 4. The number of carbonyl (C=O) groups is 1. The van der Waals surface area contributed by atoms with Crippen molar-refractivity contribution in [3.8, 4) is 0 Å². The smallest absolute Gasteiger partial charge is 0.253 e. The Morgan fingerprint density at radius 3 is 2.44 bits per heavy atom. The van der Waals surface area contributed by atoms with Crippen LogP contribution in [0, 0.1) is 0 Å². The SMILES string of the molecule is CC(CO)N(C)C(=O)c1ccc(CBr)cc1. The van der Waals surface area contributed by atoms with Crippen LogP contribution in [-0.4, -0.2) is 35.6 Å². The number of hydrogen-bond donors (Lipinski definition) is 1. The summed E-state index contributed by atoms with van der Waals surface area (Å²) in [5, 5.41) is 9.77. The van der Waals surface area contributed by atoms with Crippen molar-refractivity contribution in [2.24, 2.45) is 0 Å². The number of aliphatic hydroxyl groups excluding tert-OH is 1. The van der Waals surface area contributed by atoms with Gasteiger partial charge < -0.3 is 10.0 Å². The minimum absolute atomic E-state index is 0.0261. The van der Waals surface area contributed by atoms with Gasteiger partial charge in [0.2, 0.25) is 0 Å². The largest absolute Gasteiger partial charge is 0.394 e. The molecule has 16 heavy (non-hydrogen) atoms. The van der Waals surface area contributed by atoms with E-state index in [4.69, 9.17) is 5.11 Å². The van der Waals surface area contributed by atoms with Crippen LogP contribution in [0.15, 0.2) is 24.3 Å². The van der Waals surface area contributed by atoms with Gasteiger partial charge >= 0.3 is 0 Å². The van der Waals surface area contributed by atoms with Crippen molar-refractivity contribution in [3.05, 3.63) is 35.4 Å². The Labute approximate surface area is 104 Å². The molecule has 0 aliphatic rings. The summed E-state index contributed by atoms with van der Waals surface area (Å²) in [4.78, 5) is 13.5. The van der Waals surface area contributed by atoms with E-state index in [2.05, 4.69) is 15.9 Å². The average molecular weight is 286 g/mol. The normalized spacial score (nSPS) is 12.2. The fraction of sp³-hybridized carbons (Fsp3) is 0.417. The molecule has 3 nitrogen and oxygen atoms in total. The maximum absolute atomic E-state index is 11.9. The number of amides is 1. The number of aliphatic hydroxyl groups is 1. The Bertz CT molecular complexity index is 351. The summed E-state index contributed by atoms with van der Waals surface area (Å²) in [7, 11) is 1.70. The molecular weight excluding hydrogens is 270 g/mol. The first kappa shape index (κ1) is 13.2. The molecule has 0 aliphatic carbocycles. The van der Waals surface area contributed by atoms with Crippen LogP contribution in [0.3, 0.4) is 0 Å². The van der Waals surface area contributed by atoms with Crippen LogP contribution in [0.5, 0.6) is 0 Å². The predicted octanol–water partition coefficient (Wildman–Crippen LogP) is 2.03. The molecule has 0 saturated carbocycles. The summed E-state index contributed by atoms with van der Waals surface area (Å²) in [6, 6.07) is 7.28. The third-order valence-corrected chi connectivity index (χ3v) is 3.25. The molecule has 0 radical (unpaired) electrons. The lowest BCUT2D eigenvalue weighted by Crippen LogP contribution is -2.37. The zero-order chi connectivity index (χ0) is 12.1. The second kappa shape index (κ2) is 6.01. The van der Waals surface area contributed by atoms with Gasteiger partial charge in [-0.15, -0.1) is 0 Å². The van der Waals surface area contributed by atoms with E-state index in [1.165, 1.54) is 0 Å². The van der Waals surface area contributed by atoms with Gasteiger partial charge in [-0.2, -0.15) is 0 Å². The van der Waals surface area contributed by atoms with E-state index in [1.807, 2.05) is 19.1 Å².